The van der Waals surface area contributed by atoms with E-state index in [1.54, 1.807) is 0 Å². The third-order valence-corrected chi connectivity index (χ3v) is 5.82. The van der Waals surface area contributed by atoms with Gasteiger partial charge in [0.05, 0.1) is 6.54 Å². The van der Waals surface area contributed by atoms with Crippen LogP contribution in [0.1, 0.15) is 39.2 Å². The Morgan fingerprint density at radius 1 is 1.09 bits per heavy atom. The van der Waals surface area contributed by atoms with E-state index < -0.39 is 0 Å². The summed E-state index contributed by atoms with van der Waals surface area (Å²) in [6.45, 7) is 12.0. The van der Waals surface area contributed by atoms with Gasteiger partial charge in [-0.15, -0.1) is 24.0 Å². The van der Waals surface area contributed by atoms with Crippen LogP contribution in [0.5, 0.6) is 0 Å². The Bertz CT molecular complexity index is 808. The van der Waals surface area contributed by atoms with Gasteiger partial charge in [-0.3, -0.25) is 19.5 Å². The Balaban J connectivity index is 0.00000385. The maximum atomic E-state index is 12.7. The van der Waals surface area contributed by atoms with Crippen LogP contribution in [0, 0.1) is 0 Å². The second kappa shape index (κ2) is 13.7. The molecule has 2 heterocycles. The molecule has 9 heteroatoms. The second-order valence-electron chi connectivity index (χ2n) is 8.75. The van der Waals surface area contributed by atoms with Crippen LogP contribution in [0.15, 0.2) is 29.3 Å². The van der Waals surface area contributed by atoms with Crippen molar-refractivity contribution in [3.05, 3.63) is 29.8 Å². The van der Waals surface area contributed by atoms with Gasteiger partial charge in [-0.25, -0.2) is 0 Å². The molecule has 184 valence electrons. The molecule has 0 aromatic heterocycles. The van der Waals surface area contributed by atoms with Crippen LogP contribution in [0.2, 0.25) is 0 Å². The SMILES string of the molecule is CCNC(=NCCCC(=O)N1CCc2ccccc21)N1CCN(CC(=O)NC(C)C)CC1.I. The maximum Gasteiger partial charge on any atom is 0.234 e. The molecule has 0 aliphatic carbocycles. The lowest BCUT2D eigenvalue weighted by Gasteiger charge is -2.36. The minimum atomic E-state index is 0. The van der Waals surface area contributed by atoms with Crippen molar-refractivity contribution in [3.63, 3.8) is 0 Å². The number of para-hydroxylation sites is 1. The number of rotatable bonds is 8. The molecular weight excluding hydrogens is 531 g/mol. The topological polar surface area (TPSA) is 80.3 Å². The molecule has 0 saturated carbocycles. The second-order valence-corrected chi connectivity index (χ2v) is 8.75. The van der Waals surface area contributed by atoms with Crippen molar-refractivity contribution in [1.29, 1.82) is 0 Å². The molecule has 1 fully saturated rings. The lowest BCUT2D eigenvalue weighted by molar-refractivity contribution is -0.123. The van der Waals surface area contributed by atoms with Crippen molar-refractivity contribution in [2.75, 3.05) is 57.3 Å². The molecule has 3 rings (SSSR count). The van der Waals surface area contributed by atoms with Gasteiger partial charge in [0.1, 0.15) is 0 Å². The van der Waals surface area contributed by atoms with Gasteiger partial charge >= 0.3 is 0 Å². The first-order chi connectivity index (χ1) is 15.5. The van der Waals surface area contributed by atoms with E-state index in [2.05, 4.69) is 33.4 Å². The normalized spacial score (nSPS) is 16.4. The fraction of sp³-hybridized carbons (Fsp3) is 0.625. The molecule has 2 aliphatic heterocycles. The first-order valence-corrected chi connectivity index (χ1v) is 11.9. The highest BCUT2D eigenvalue weighted by Gasteiger charge is 2.24. The first-order valence-electron chi connectivity index (χ1n) is 11.9. The van der Waals surface area contributed by atoms with E-state index >= 15 is 0 Å². The fourth-order valence-electron chi connectivity index (χ4n) is 4.26. The van der Waals surface area contributed by atoms with Crippen LogP contribution in [-0.4, -0.2) is 86.0 Å². The molecule has 0 spiro atoms. The van der Waals surface area contributed by atoms with E-state index in [9.17, 15) is 9.59 Å². The van der Waals surface area contributed by atoms with Crippen molar-refractivity contribution < 1.29 is 9.59 Å². The number of carbonyl (C=O) groups is 2. The van der Waals surface area contributed by atoms with E-state index in [1.165, 1.54) is 5.56 Å². The van der Waals surface area contributed by atoms with Crippen molar-refractivity contribution in [1.82, 2.24) is 20.4 Å². The summed E-state index contributed by atoms with van der Waals surface area (Å²) in [7, 11) is 0. The van der Waals surface area contributed by atoms with Crippen molar-refractivity contribution in [3.8, 4) is 0 Å². The molecule has 2 N–H and O–H groups in total. The Labute approximate surface area is 215 Å². The summed E-state index contributed by atoms with van der Waals surface area (Å²) in [6.07, 6.45) is 2.19. The van der Waals surface area contributed by atoms with Gasteiger partial charge in [-0.05, 0) is 45.2 Å². The molecule has 2 aliphatic rings. The lowest BCUT2D eigenvalue weighted by Crippen LogP contribution is -2.54. The zero-order valence-corrected chi connectivity index (χ0v) is 22.5. The summed E-state index contributed by atoms with van der Waals surface area (Å²) in [4.78, 5) is 35.8. The number of guanidine groups is 1. The van der Waals surface area contributed by atoms with Gasteiger partial charge in [-0.2, -0.15) is 0 Å². The van der Waals surface area contributed by atoms with E-state index in [1.807, 2.05) is 36.9 Å². The number of aliphatic imine (C=N–C) groups is 1. The van der Waals surface area contributed by atoms with E-state index in [0.717, 1.165) is 63.8 Å². The van der Waals surface area contributed by atoms with E-state index in [4.69, 9.17) is 4.99 Å². The largest absolute Gasteiger partial charge is 0.357 e. The number of carbonyl (C=O) groups excluding carboxylic acids is 2. The Morgan fingerprint density at radius 2 is 1.82 bits per heavy atom. The van der Waals surface area contributed by atoms with Crippen LogP contribution in [0.4, 0.5) is 5.69 Å². The number of piperazine rings is 1. The molecule has 0 radical (unpaired) electrons. The molecule has 0 bridgehead atoms. The monoisotopic (exact) mass is 570 g/mol. The quantitative estimate of drug-likeness (QED) is 0.217. The Kier molecular flexibility index (Phi) is 11.4. The molecule has 1 aromatic rings. The number of nitrogens with zero attached hydrogens (tertiary/aromatic N) is 4. The van der Waals surface area contributed by atoms with Crippen LogP contribution in [0.25, 0.3) is 0 Å². The number of benzene rings is 1. The maximum absolute atomic E-state index is 12.7. The Hall–Kier alpha value is -1.88. The van der Waals surface area contributed by atoms with Gasteiger partial charge in [-0.1, -0.05) is 18.2 Å². The number of anilines is 1. The van der Waals surface area contributed by atoms with Gasteiger partial charge in [0.25, 0.3) is 0 Å². The predicted octanol–water partition coefficient (Wildman–Crippen LogP) is 2.08. The highest BCUT2D eigenvalue weighted by Crippen LogP contribution is 2.28. The number of nitrogens with one attached hydrogen (secondary N) is 2. The zero-order chi connectivity index (χ0) is 22.9. The lowest BCUT2D eigenvalue weighted by atomic mass is 10.2. The smallest absolute Gasteiger partial charge is 0.234 e. The van der Waals surface area contributed by atoms with Crippen LogP contribution < -0.4 is 15.5 Å². The summed E-state index contributed by atoms with van der Waals surface area (Å²) < 4.78 is 0. The van der Waals surface area contributed by atoms with Gasteiger partial charge in [0.2, 0.25) is 11.8 Å². The summed E-state index contributed by atoms with van der Waals surface area (Å²) in [5, 5.41) is 6.33. The van der Waals surface area contributed by atoms with Gasteiger partial charge in [0.15, 0.2) is 5.96 Å². The van der Waals surface area contributed by atoms with Crippen LogP contribution in [0.3, 0.4) is 0 Å². The van der Waals surface area contributed by atoms with Crippen LogP contribution >= 0.6 is 24.0 Å². The van der Waals surface area contributed by atoms with Crippen molar-refractivity contribution in [2.45, 2.75) is 46.1 Å². The standard InChI is InChI=1S/C24H38N6O2.HI/c1-4-25-24(29-16-14-28(15-17-29)18-22(31)27-19(2)3)26-12-7-10-23(32)30-13-11-20-8-5-6-9-21(20)30;/h5-6,8-9,19H,4,7,10-18H2,1-3H3,(H,25,26)(H,27,31);1H. The summed E-state index contributed by atoms with van der Waals surface area (Å²) in [5.74, 6) is 1.17. The number of amides is 2. The van der Waals surface area contributed by atoms with Crippen molar-refractivity contribution in [2.24, 2.45) is 4.99 Å². The molecule has 33 heavy (non-hydrogen) atoms. The number of fused-ring (bicyclic) bond motifs is 1. The summed E-state index contributed by atoms with van der Waals surface area (Å²) in [5.41, 5.74) is 2.32. The molecule has 0 unspecified atom stereocenters. The zero-order valence-electron chi connectivity index (χ0n) is 20.2. The van der Waals surface area contributed by atoms with E-state index in [0.29, 0.717) is 19.5 Å². The number of halogens is 1. The molecule has 8 nitrogen and oxygen atoms in total. The van der Waals surface area contributed by atoms with Gasteiger partial charge in [0, 0.05) is 64.0 Å². The highest BCUT2D eigenvalue weighted by molar-refractivity contribution is 14.0. The Morgan fingerprint density at radius 3 is 2.52 bits per heavy atom. The van der Waals surface area contributed by atoms with Crippen LogP contribution in [-0.2, 0) is 16.0 Å². The molecule has 0 atom stereocenters. The molecule has 2 amide bonds. The van der Waals surface area contributed by atoms with Gasteiger partial charge < -0.3 is 20.4 Å². The first kappa shape index (κ1) is 27.4. The summed E-state index contributed by atoms with van der Waals surface area (Å²) in [6, 6.07) is 8.33. The molecule has 1 aromatic carbocycles. The van der Waals surface area contributed by atoms with Crippen molar-refractivity contribution >= 4 is 47.4 Å². The molecular formula is C24H39IN6O2. The average Bonchev–Trinajstić information content (AvgIpc) is 3.20. The summed E-state index contributed by atoms with van der Waals surface area (Å²) >= 11 is 0. The molecule has 1 saturated heterocycles. The highest BCUT2D eigenvalue weighted by atomic mass is 127. The third-order valence-electron chi connectivity index (χ3n) is 5.82. The minimum absolute atomic E-state index is 0. The number of hydrogen-bond donors (Lipinski definition) is 2. The number of hydrogen-bond acceptors (Lipinski definition) is 4. The van der Waals surface area contributed by atoms with E-state index in [-0.39, 0.29) is 41.8 Å². The average molecular weight is 571 g/mol. The fourth-order valence-corrected chi connectivity index (χ4v) is 4.26. The minimum Gasteiger partial charge on any atom is -0.357 e. The predicted molar refractivity (Wildman–Crippen MR) is 144 cm³/mol. The third kappa shape index (κ3) is 8.13.